The molecule has 1 aromatic rings. The lowest BCUT2D eigenvalue weighted by atomic mass is 10.0. The molecule has 0 atom stereocenters. The highest BCUT2D eigenvalue weighted by Gasteiger charge is 2.33. The Morgan fingerprint density at radius 2 is 1.68 bits per heavy atom. The molecule has 2 aliphatic rings. The number of nitrogens with zero attached hydrogens (tertiary/aromatic N) is 3. The van der Waals surface area contributed by atoms with Crippen molar-refractivity contribution >= 4 is 21.4 Å². The van der Waals surface area contributed by atoms with Crippen LogP contribution in [0.5, 0.6) is 0 Å². The number of hydrogen-bond acceptors (Lipinski definition) is 5. The maximum absolute atomic E-state index is 12.6. The highest BCUT2D eigenvalue weighted by atomic mass is 32.2. The molecule has 0 aromatic carbocycles. The fourth-order valence-electron chi connectivity index (χ4n) is 3.31. The fourth-order valence-corrected chi connectivity index (χ4v) is 6.22. The van der Waals surface area contributed by atoms with Crippen LogP contribution in [0.2, 0.25) is 0 Å². The monoisotopic (exact) mass is 343 g/mol. The van der Waals surface area contributed by atoms with Gasteiger partial charge in [-0.1, -0.05) is 0 Å². The summed E-state index contributed by atoms with van der Waals surface area (Å²) in [5.74, 6) is 0. The van der Waals surface area contributed by atoms with Crippen molar-refractivity contribution in [2.75, 3.05) is 46.3 Å². The zero-order valence-electron chi connectivity index (χ0n) is 13.4. The highest BCUT2D eigenvalue weighted by Crippen LogP contribution is 2.27. The molecule has 0 bridgehead atoms. The van der Waals surface area contributed by atoms with Crippen LogP contribution in [0.25, 0.3) is 0 Å². The van der Waals surface area contributed by atoms with Crippen LogP contribution in [0.1, 0.15) is 17.7 Å². The minimum absolute atomic E-state index is 0.489. The summed E-state index contributed by atoms with van der Waals surface area (Å²) in [5, 5.41) is 0. The predicted molar refractivity (Wildman–Crippen MR) is 89.9 cm³/mol. The molecule has 2 saturated heterocycles. The van der Waals surface area contributed by atoms with Crippen molar-refractivity contribution in [2.24, 2.45) is 0 Å². The van der Waals surface area contributed by atoms with Crippen molar-refractivity contribution in [3.05, 3.63) is 17.0 Å². The summed E-state index contributed by atoms with van der Waals surface area (Å²) in [6.07, 6.45) is 1.90. The van der Waals surface area contributed by atoms with E-state index in [2.05, 4.69) is 16.8 Å². The summed E-state index contributed by atoms with van der Waals surface area (Å²) < 4.78 is 27.4. The van der Waals surface area contributed by atoms with Gasteiger partial charge < -0.3 is 4.90 Å². The molecular weight excluding hydrogens is 318 g/mol. The van der Waals surface area contributed by atoms with Crippen LogP contribution in [-0.4, -0.2) is 74.9 Å². The molecule has 0 unspecified atom stereocenters. The van der Waals surface area contributed by atoms with E-state index in [1.165, 1.54) is 11.3 Å². The van der Waals surface area contributed by atoms with Crippen LogP contribution in [0.4, 0.5) is 0 Å². The highest BCUT2D eigenvalue weighted by molar-refractivity contribution is 7.91. The normalized spacial score (nSPS) is 23.9. The van der Waals surface area contributed by atoms with Gasteiger partial charge in [-0.25, -0.2) is 8.42 Å². The number of piperazine rings is 1. The molecule has 0 radical (unpaired) electrons. The number of hydrogen-bond donors (Lipinski definition) is 0. The molecule has 0 aliphatic carbocycles. The zero-order valence-corrected chi connectivity index (χ0v) is 15.0. The van der Waals surface area contributed by atoms with E-state index < -0.39 is 10.0 Å². The van der Waals surface area contributed by atoms with Crippen LogP contribution in [0.15, 0.2) is 16.3 Å². The lowest BCUT2D eigenvalue weighted by Gasteiger charge is -2.41. The number of sulfonamides is 1. The quantitative estimate of drug-likeness (QED) is 0.833. The Hall–Kier alpha value is -0.470. The minimum Gasteiger partial charge on any atom is -0.304 e. The van der Waals surface area contributed by atoms with Gasteiger partial charge in [-0.05, 0) is 38.9 Å². The second-order valence-electron chi connectivity index (χ2n) is 6.34. The van der Waals surface area contributed by atoms with Crippen LogP contribution < -0.4 is 0 Å². The Bertz CT molecular complexity index is 598. The molecule has 0 spiro atoms. The van der Waals surface area contributed by atoms with E-state index in [1.807, 2.05) is 13.0 Å². The average Bonchev–Trinajstić information content (AvgIpc) is 2.96. The first-order valence-electron chi connectivity index (χ1n) is 7.96. The molecule has 124 valence electrons. The molecule has 2 fully saturated rings. The van der Waals surface area contributed by atoms with Gasteiger partial charge in [0.15, 0.2) is 0 Å². The first-order valence-corrected chi connectivity index (χ1v) is 10.2. The van der Waals surface area contributed by atoms with Crippen LogP contribution >= 0.6 is 11.3 Å². The van der Waals surface area contributed by atoms with Gasteiger partial charge in [0.05, 0.1) is 0 Å². The third kappa shape index (κ3) is 3.38. The minimum atomic E-state index is -3.28. The summed E-state index contributed by atoms with van der Waals surface area (Å²) in [6.45, 7) is 7.70. The smallest absolute Gasteiger partial charge is 0.252 e. The maximum atomic E-state index is 12.6. The zero-order chi connectivity index (χ0) is 15.7. The predicted octanol–water partition coefficient (Wildman–Crippen LogP) is 1.46. The van der Waals surface area contributed by atoms with Gasteiger partial charge in [-0.3, -0.25) is 4.90 Å². The van der Waals surface area contributed by atoms with Crippen molar-refractivity contribution in [1.29, 1.82) is 0 Å². The van der Waals surface area contributed by atoms with E-state index >= 15 is 0 Å². The topological polar surface area (TPSA) is 43.9 Å². The number of piperidine rings is 1. The molecule has 0 saturated carbocycles. The van der Waals surface area contributed by atoms with Crippen molar-refractivity contribution < 1.29 is 8.42 Å². The lowest BCUT2D eigenvalue weighted by Crippen LogP contribution is -2.52. The third-order valence-electron chi connectivity index (χ3n) is 4.79. The SMILES string of the molecule is Cc1ccc(S(=O)(=O)N2CCC(N3CCN(C)CC3)CC2)s1. The van der Waals surface area contributed by atoms with E-state index in [0.717, 1.165) is 43.9 Å². The first-order chi connectivity index (χ1) is 10.5. The Labute approximate surface area is 137 Å². The van der Waals surface area contributed by atoms with E-state index in [4.69, 9.17) is 0 Å². The van der Waals surface area contributed by atoms with E-state index in [-0.39, 0.29) is 0 Å². The van der Waals surface area contributed by atoms with Crippen LogP contribution in [0, 0.1) is 6.92 Å². The second-order valence-corrected chi connectivity index (χ2v) is 9.79. The Morgan fingerprint density at radius 1 is 1.05 bits per heavy atom. The summed E-state index contributed by atoms with van der Waals surface area (Å²) in [5.41, 5.74) is 0. The van der Waals surface area contributed by atoms with Crippen molar-refractivity contribution in [2.45, 2.75) is 30.0 Å². The number of thiophene rings is 1. The van der Waals surface area contributed by atoms with Gasteiger partial charge in [0, 0.05) is 50.2 Å². The van der Waals surface area contributed by atoms with Gasteiger partial charge >= 0.3 is 0 Å². The number of rotatable bonds is 3. The van der Waals surface area contributed by atoms with E-state index in [9.17, 15) is 8.42 Å². The van der Waals surface area contributed by atoms with Crippen molar-refractivity contribution in [1.82, 2.24) is 14.1 Å². The maximum Gasteiger partial charge on any atom is 0.252 e. The van der Waals surface area contributed by atoms with Gasteiger partial charge in [-0.15, -0.1) is 11.3 Å². The fraction of sp³-hybridized carbons (Fsp3) is 0.733. The van der Waals surface area contributed by atoms with Crippen molar-refractivity contribution in [3.63, 3.8) is 0 Å². The molecule has 3 rings (SSSR count). The number of likely N-dealkylation sites (N-methyl/N-ethyl adjacent to an activating group) is 1. The Balaban J connectivity index is 1.59. The van der Waals surface area contributed by atoms with Gasteiger partial charge in [0.25, 0.3) is 10.0 Å². The summed E-state index contributed by atoms with van der Waals surface area (Å²) in [6, 6.07) is 4.17. The van der Waals surface area contributed by atoms with Gasteiger partial charge in [0.1, 0.15) is 4.21 Å². The molecule has 1 aromatic heterocycles. The Kier molecular flexibility index (Phi) is 4.89. The molecule has 7 heteroatoms. The van der Waals surface area contributed by atoms with Gasteiger partial charge in [0.2, 0.25) is 0 Å². The summed E-state index contributed by atoms with van der Waals surface area (Å²) in [7, 11) is -1.12. The molecule has 22 heavy (non-hydrogen) atoms. The largest absolute Gasteiger partial charge is 0.304 e. The molecule has 3 heterocycles. The molecule has 0 amide bonds. The average molecular weight is 344 g/mol. The standard InChI is InChI=1S/C15H25N3O2S2/c1-13-3-4-15(21-13)22(19,20)18-7-5-14(6-8-18)17-11-9-16(2)10-12-17/h3-4,14H,5-12H2,1-2H3. The lowest BCUT2D eigenvalue weighted by molar-refractivity contribution is 0.0836. The van der Waals surface area contributed by atoms with Crippen LogP contribution in [0.3, 0.4) is 0 Å². The molecular formula is C15H25N3O2S2. The summed E-state index contributed by atoms with van der Waals surface area (Å²) in [4.78, 5) is 5.94. The summed E-state index contributed by atoms with van der Waals surface area (Å²) >= 11 is 1.37. The Morgan fingerprint density at radius 3 is 2.23 bits per heavy atom. The van der Waals surface area contributed by atoms with Crippen LogP contribution in [-0.2, 0) is 10.0 Å². The molecule has 0 N–H and O–H groups in total. The number of aryl methyl sites for hydroxylation is 1. The third-order valence-corrected chi connectivity index (χ3v) is 8.15. The molecule has 5 nitrogen and oxygen atoms in total. The van der Waals surface area contributed by atoms with Gasteiger partial charge in [-0.2, -0.15) is 4.31 Å². The second kappa shape index (κ2) is 6.57. The van der Waals surface area contributed by atoms with Crippen molar-refractivity contribution in [3.8, 4) is 0 Å². The first kappa shape index (κ1) is 16.4. The van der Waals surface area contributed by atoms with E-state index in [1.54, 1.807) is 10.4 Å². The molecule has 2 aliphatic heterocycles. The van der Waals surface area contributed by atoms with E-state index in [0.29, 0.717) is 23.3 Å².